The van der Waals surface area contributed by atoms with Gasteiger partial charge in [0.25, 0.3) is 11.1 Å². The second kappa shape index (κ2) is 9.32. The number of hydrogen-bond donors (Lipinski definition) is 1. The van der Waals surface area contributed by atoms with Gasteiger partial charge in [-0.15, -0.1) is 0 Å². The number of aryl methyl sites for hydroxylation is 2. The van der Waals surface area contributed by atoms with Gasteiger partial charge in [-0.1, -0.05) is 18.2 Å². The number of aromatic nitrogens is 2. The van der Waals surface area contributed by atoms with Crippen molar-refractivity contribution in [2.24, 2.45) is 0 Å². The number of nitrogens with zero attached hydrogens (tertiary/aromatic N) is 3. The summed E-state index contributed by atoms with van der Waals surface area (Å²) in [6.45, 7) is 2.14. The van der Waals surface area contributed by atoms with Crippen molar-refractivity contribution in [3.05, 3.63) is 89.2 Å². The molecule has 2 aliphatic rings. The summed E-state index contributed by atoms with van der Waals surface area (Å²) in [4.78, 5) is 24.5. The fraction of sp³-hybridized carbons (Fsp3) is 0.241. The molecule has 1 atom stereocenters. The standard InChI is InChI=1S/C29H26N4O2S/c1-18-16-20-6-2-5-9-27(20)33(18)29(36)35-22-13-10-19(11-14-22)28(34)30-21-12-15-25-26(17-21)32-24-8-4-3-7-23(24)31-25/h2,5-6,9-15,17-18H,3-4,7-8,16H2,1H3,(H,30,34)/t18-/m1/s1. The number of para-hydroxylation sites is 1. The minimum Gasteiger partial charge on any atom is -0.432 e. The van der Waals surface area contributed by atoms with Crippen LogP contribution in [0.3, 0.4) is 0 Å². The molecule has 3 aromatic carbocycles. The molecule has 1 amide bonds. The van der Waals surface area contributed by atoms with Crippen LogP contribution >= 0.6 is 12.2 Å². The molecule has 36 heavy (non-hydrogen) atoms. The number of carbonyl (C=O) groups excluding carboxylic acids is 1. The number of amides is 1. The van der Waals surface area contributed by atoms with Crippen LogP contribution in [0.5, 0.6) is 5.75 Å². The SMILES string of the molecule is C[C@@H]1Cc2ccccc2N1C(=S)Oc1ccc(C(=O)Nc2ccc3nc4c(nc3c2)CCCC4)cc1. The second-order valence-corrected chi connectivity index (χ2v) is 9.78. The molecule has 0 saturated carbocycles. The first-order chi connectivity index (χ1) is 17.5. The third-order valence-corrected chi connectivity index (χ3v) is 7.16. The van der Waals surface area contributed by atoms with Crippen LogP contribution in [0, 0.1) is 0 Å². The van der Waals surface area contributed by atoms with Crippen LogP contribution in [0.15, 0.2) is 66.7 Å². The molecule has 7 heteroatoms. The van der Waals surface area contributed by atoms with Crippen LogP contribution < -0.4 is 15.0 Å². The van der Waals surface area contributed by atoms with E-state index in [1.807, 2.05) is 35.2 Å². The average Bonchev–Trinajstić information content (AvgIpc) is 3.23. The van der Waals surface area contributed by atoms with Crippen LogP contribution in [0.4, 0.5) is 11.4 Å². The molecule has 4 aromatic rings. The smallest absolute Gasteiger partial charge is 0.269 e. The van der Waals surface area contributed by atoms with Crippen LogP contribution in [0.2, 0.25) is 0 Å². The zero-order valence-electron chi connectivity index (χ0n) is 20.0. The second-order valence-electron chi connectivity index (χ2n) is 9.43. The summed E-state index contributed by atoms with van der Waals surface area (Å²) in [5, 5.41) is 3.38. The maximum absolute atomic E-state index is 12.9. The molecule has 180 valence electrons. The van der Waals surface area contributed by atoms with E-state index in [1.54, 1.807) is 24.3 Å². The summed E-state index contributed by atoms with van der Waals surface area (Å²) in [7, 11) is 0. The van der Waals surface area contributed by atoms with E-state index in [-0.39, 0.29) is 11.9 Å². The number of fused-ring (bicyclic) bond motifs is 3. The summed E-state index contributed by atoms with van der Waals surface area (Å²) >= 11 is 5.61. The first-order valence-corrected chi connectivity index (χ1v) is 12.8. The Labute approximate surface area is 215 Å². The van der Waals surface area contributed by atoms with E-state index in [1.165, 1.54) is 12.0 Å². The highest BCUT2D eigenvalue weighted by molar-refractivity contribution is 7.80. The van der Waals surface area contributed by atoms with Crippen LogP contribution in [0.25, 0.3) is 11.0 Å². The van der Waals surface area contributed by atoms with Crippen molar-refractivity contribution in [1.82, 2.24) is 9.97 Å². The number of benzene rings is 3. The molecule has 0 fully saturated rings. The highest BCUT2D eigenvalue weighted by Gasteiger charge is 2.29. The highest BCUT2D eigenvalue weighted by Crippen LogP contribution is 2.33. The summed E-state index contributed by atoms with van der Waals surface area (Å²) in [6.07, 6.45) is 5.21. The third-order valence-electron chi connectivity index (χ3n) is 6.88. The summed E-state index contributed by atoms with van der Waals surface area (Å²) in [6, 6.07) is 21.2. The lowest BCUT2D eigenvalue weighted by Gasteiger charge is -2.24. The van der Waals surface area contributed by atoms with E-state index in [4.69, 9.17) is 26.9 Å². The van der Waals surface area contributed by atoms with Crippen molar-refractivity contribution in [3.8, 4) is 5.75 Å². The molecular formula is C29H26N4O2S. The van der Waals surface area contributed by atoms with Crippen molar-refractivity contribution in [1.29, 1.82) is 0 Å². The maximum Gasteiger partial charge on any atom is 0.269 e. The molecule has 6 rings (SSSR count). The quantitative estimate of drug-likeness (QED) is 0.359. The lowest BCUT2D eigenvalue weighted by atomic mass is 10.0. The van der Waals surface area contributed by atoms with E-state index in [0.717, 1.165) is 53.8 Å². The van der Waals surface area contributed by atoms with Gasteiger partial charge in [0.15, 0.2) is 0 Å². The number of carbonyl (C=O) groups is 1. The van der Waals surface area contributed by atoms with Gasteiger partial charge in [-0.3, -0.25) is 9.69 Å². The summed E-state index contributed by atoms with van der Waals surface area (Å²) < 4.78 is 5.98. The number of hydrogen-bond acceptors (Lipinski definition) is 5. The molecule has 0 radical (unpaired) electrons. The molecule has 0 bridgehead atoms. The van der Waals surface area contributed by atoms with Crippen molar-refractivity contribution in [2.45, 2.75) is 45.1 Å². The van der Waals surface area contributed by atoms with Crippen molar-refractivity contribution < 1.29 is 9.53 Å². The van der Waals surface area contributed by atoms with Gasteiger partial charge in [0.1, 0.15) is 5.75 Å². The number of anilines is 2. The zero-order chi connectivity index (χ0) is 24.6. The Kier molecular flexibility index (Phi) is 5.85. The molecule has 1 aliphatic heterocycles. The van der Waals surface area contributed by atoms with Crippen LogP contribution in [-0.2, 0) is 19.3 Å². The Balaban J connectivity index is 1.14. The van der Waals surface area contributed by atoms with Gasteiger partial charge < -0.3 is 10.1 Å². The molecule has 0 unspecified atom stereocenters. The zero-order valence-corrected chi connectivity index (χ0v) is 20.8. The number of thiocarbonyl (C=S) groups is 1. The fourth-order valence-electron chi connectivity index (χ4n) is 5.06. The van der Waals surface area contributed by atoms with Gasteiger partial charge in [-0.25, -0.2) is 9.97 Å². The Morgan fingerprint density at radius 2 is 1.69 bits per heavy atom. The predicted octanol–water partition coefficient (Wildman–Crippen LogP) is 5.88. The van der Waals surface area contributed by atoms with E-state index in [9.17, 15) is 4.79 Å². The molecule has 1 N–H and O–H groups in total. The topological polar surface area (TPSA) is 67.3 Å². The highest BCUT2D eigenvalue weighted by atomic mass is 32.1. The first kappa shape index (κ1) is 22.6. The van der Waals surface area contributed by atoms with Gasteiger partial charge in [0.2, 0.25) is 0 Å². The Bertz CT molecular complexity index is 1480. The van der Waals surface area contributed by atoms with E-state index >= 15 is 0 Å². The minimum atomic E-state index is -0.198. The van der Waals surface area contributed by atoms with Gasteiger partial charge >= 0.3 is 0 Å². The molecule has 0 saturated heterocycles. The number of nitrogens with one attached hydrogen (secondary N) is 1. The monoisotopic (exact) mass is 494 g/mol. The molecule has 2 heterocycles. The van der Waals surface area contributed by atoms with E-state index in [0.29, 0.717) is 22.2 Å². The van der Waals surface area contributed by atoms with Crippen molar-refractivity contribution >= 4 is 45.7 Å². The van der Waals surface area contributed by atoms with Gasteiger partial charge in [0, 0.05) is 23.0 Å². The van der Waals surface area contributed by atoms with E-state index in [2.05, 4.69) is 24.4 Å². The summed E-state index contributed by atoms with van der Waals surface area (Å²) in [5.74, 6) is 0.398. The van der Waals surface area contributed by atoms with Crippen LogP contribution in [0.1, 0.15) is 47.1 Å². The molecule has 6 nitrogen and oxygen atoms in total. The first-order valence-electron chi connectivity index (χ1n) is 12.3. The molecule has 1 aromatic heterocycles. The molecular weight excluding hydrogens is 468 g/mol. The Morgan fingerprint density at radius 3 is 2.47 bits per heavy atom. The van der Waals surface area contributed by atoms with Crippen LogP contribution in [-0.4, -0.2) is 27.1 Å². The summed E-state index contributed by atoms with van der Waals surface area (Å²) in [5.41, 5.74) is 7.44. The minimum absolute atomic E-state index is 0.198. The van der Waals surface area contributed by atoms with Crippen molar-refractivity contribution in [2.75, 3.05) is 10.2 Å². The fourth-order valence-corrected chi connectivity index (χ4v) is 5.44. The number of rotatable bonds is 3. The van der Waals surface area contributed by atoms with Crippen molar-refractivity contribution in [3.63, 3.8) is 0 Å². The third kappa shape index (κ3) is 4.31. The van der Waals surface area contributed by atoms with E-state index < -0.39 is 0 Å². The average molecular weight is 495 g/mol. The largest absolute Gasteiger partial charge is 0.432 e. The van der Waals surface area contributed by atoms with Gasteiger partial charge in [-0.2, -0.15) is 0 Å². The molecule has 0 spiro atoms. The normalized spacial score (nSPS) is 16.4. The van der Waals surface area contributed by atoms with Gasteiger partial charge in [-0.05, 0) is 105 Å². The van der Waals surface area contributed by atoms with Gasteiger partial charge in [0.05, 0.1) is 22.4 Å². The predicted molar refractivity (Wildman–Crippen MR) is 146 cm³/mol. The number of ether oxygens (including phenoxy) is 1. The molecule has 1 aliphatic carbocycles. The lowest BCUT2D eigenvalue weighted by molar-refractivity contribution is 0.102. The Morgan fingerprint density at radius 1 is 0.972 bits per heavy atom. The maximum atomic E-state index is 12.9. The Hall–Kier alpha value is -3.84. The lowest BCUT2D eigenvalue weighted by Crippen LogP contribution is -2.37.